The smallest absolute Gasteiger partial charge is 0.280 e. The summed E-state index contributed by atoms with van der Waals surface area (Å²) in [6.07, 6.45) is 3.32. The topological polar surface area (TPSA) is 49.2 Å². The summed E-state index contributed by atoms with van der Waals surface area (Å²) in [5.41, 5.74) is 0.205. The van der Waals surface area contributed by atoms with E-state index in [4.69, 9.17) is 4.52 Å². The summed E-state index contributed by atoms with van der Waals surface area (Å²) in [6.45, 7) is 7.91. The average Bonchev–Trinajstić information content (AvgIpc) is 2.66. The van der Waals surface area contributed by atoms with Crippen molar-refractivity contribution in [3.8, 4) is 0 Å². The van der Waals surface area contributed by atoms with Crippen LogP contribution in [0.5, 0.6) is 0 Å². The Morgan fingerprint density at radius 3 is 2.78 bits per heavy atom. The Morgan fingerprint density at radius 2 is 2.22 bits per heavy atom. The minimum absolute atomic E-state index is 0.128. The van der Waals surface area contributed by atoms with Crippen molar-refractivity contribution >= 4 is 0 Å². The van der Waals surface area contributed by atoms with Crippen LogP contribution in [-0.4, -0.2) is 29.7 Å². The van der Waals surface area contributed by atoms with Crippen LogP contribution in [-0.2, 0) is 0 Å². The molecule has 1 N–H and O–H groups in total. The molecule has 102 valence electrons. The molecule has 1 aromatic rings. The minimum atomic E-state index is -0.128. The van der Waals surface area contributed by atoms with E-state index in [1.54, 1.807) is 6.07 Å². The van der Waals surface area contributed by atoms with Crippen LogP contribution in [0.4, 0.5) is 0 Å². The highest BCUT2D eigenvalue weighted by molar-refractivity contribution is 5.05. The monoisotopic (exact) mass is 252 g/mol. The molecule has 0 aromatic carbocycles. The largest absolute Gasteiger partial charge is 0.383 e. The van der Waals surface area contributed by atoms with Gasteiger partial charge in [-0.25, -0.2) is 0 Å². The lowest BCUT2D eigenvalue weighted by atomic mass is 9.80. The van der Waals surface area contributed by atoms with E-state index in [0.29, 0.717) is 17.4 Å². The summed E-state index contributed by atoms with van der Waals surface area (Å²) in [5, 5.41) is 2.40. The Labute approximate surface area is 108 Å². The summed E-state index contributed by atoms with van der Waals surface area (Å²) in [4.78, 5) is 13.6. The quantitative estimate of drug-likeness (QED) is 0.880. The molecule has 4 nitrogen and oxygen atoms in total. The zero-order valence-electron chi connectivity index (χ0n) is 11.8. The highest BCUT2D eigenvalue weighted by atomic mass is 16.5. The maximum absolute atomic E-state index is 11.1. The van der Waals surface area contributed by atoms with E-state index in [1.165, 1.54) is 6.42 Å². The molecule has 4 heteroatoms. The fourth-order valence-corrected chi connectivity index (χ4v) is 2.87. The Kier molecular flexibility index (Phi) is 3.66. The van der Waals surface area contributed by atoms with Gasteiger partial charge in [-0.3, -0.25) is 4.79 Å². The molecule has 0 aliphatic carbocycles. The molecule has 2 rings (SSSR count). The molecule has 0 spiro atoms. The molecule has 18 heavy (non-hydrogen) atoms. The number of aromatic nitrogens is 1. The molecule has 1 aromatic heterocycles. The van der Waals surface area contributed by atoms with Crippen LogP contribution >= 0.6 is 0 Å². The minimum Gasteiger partial charge on any atom is -0.383 e. The van der Waals surface area contributed by atoms with Crippen LogP contribution < -0.4 is 5.56 Å². The van der Waals surface area contributed by atoms with Gasteiger partial charge < -0.3 is 9.42 Å². The van der Waals surface area contributed by atoms with Gasteiger partial charge in [-0.05, 0) is 38.3 Å². The van der Waals surface area contributed by atoms with E-state index in [2.05, 4.69) is 37.9 Å². The lowest BCUT2D eigenvalue weighted by Gasteiger charge is -2.39. The van der Waals surface area contributed by atoms with Gasteiger partial charge in [-0.15, -0.1) is 0 Å². The van der Waals surface area contributed by atoms with Crippen molar-refractivity contribution in [2.75, 3.05) is 13.6 Å². The number of nitrogens with zero attached hydrogens (tertiary/aromatic N) is 1. The molecular formula is C14H24N2O2. The zero-order chi connectivity index (χ0) is 13.3. The van der Waals surface area contributed by atoms with Gasteiger partial charge in [0.2, 0.25) is 0 Å². The van der Waals surface area contributed by atoms with Gasteiger partial charge in [0.15, 0.2) is 0 Å². The van der Waals surface area contributed by atoms with Crippen molar-refractivity contribution < 1.29 is 4.52 Å². The second kappa shape index (κ2) is 4.92. The number of rotatable bonds is 2. The van der Waals surface area contributed by atoms with Crippen LogP contribution in [0.3, 0.4) is 0 Å². The van der Waals surface area contributed by atoms with Gasteiger partial charge in [0.25, 0.3) is 5.56 Å². The van der Waals surface area contributed by atoms with Crippen molar-refractivity contribution in [2.45, 2.75) is 52.0 Å². The second-order valence-corrected chi connectivity index (χ2v) is 6.74. The zero-order valence-corrected chi connectivity index (χ0v) is 11.8. The van der Waals surface area contributed by atoms with E-state index in [0.717, 1.165) is 25.1 Å². The maximum atomic E-state index is 11.1. The summed E-state index contributed by atoms with van der Waals surface area (Å²) in [5.74, 6) is 1.21. The van der Waals surface area contributed by atoms with E-state index < -0.39 is 0 Å². The molecule has 1 aliphatic rings. The molecule has 1 saturated heterocycles. The SMILES string of the molecule is CN1CC[C@H](c2cc(=O)[nH]o2)C[C@@H]1CC(C)(C)C. The summed E-state index contributed by atoms with van der Waals surface area (Å²) in [7, 11) is 2.19. The van der Waals surface area contributed by atoms with Crippen molar-refractivity contribution in [1.29, 1.82) is 0 Å². The van der Waals surface area contributed by atoms with Crippen LogP contribution in [0.2, 0.25) is 0 Å². The molecule has 0 unspecified atom stereocenters. The predicted molar refractivity (Wildman–Crippen MR) is 71.8 cm³/mol. The number of likely N-dealkylation sites (tertiary alicyclic amines) is 1. The van der Waals surface area contributed by atoms with Crippen LogP contribution in [0.15, 0.2) is 15.4 Å². The van der Waals surface area contributed by atoms with Gasteiger partial charge in [0, 0.05) is 18.0 Å². The number of piperidine rings is 1. The number of nitrogens with one attached hydrogen (secondary N) is 1. The highest BCUT2D eigenvalue weighted by Gasteiger charge is 2.31. The van der Waals surface area contributed by atoms with Gasteiger partial charge in [0.05, 0.1) is 0 Å². The highest BCUT2D eigenvalue weighted by Crippen LogP contribution is 2.35. The van der Waals surface area contributed by atoms with Gasteiger partial charge in [0.1, 0.15) is 5.76 Å². The molecule has 2 heterocycles. The fourth-order valence-electron chi connectivity index (χ4n) is 2.87. The maximum Gasteiger partial charge on any atom is 0.280 e. The number of hydrogen-bond donors (Lipinski definition) is 1. The molecule has 2 atom stereocenters. The molecule has 0 amide bonds. The molecule has 0 saturated carbocycles. The second-order valence-electron chi connectivity index (χ2n) is 6.74. The van der Waals surface area contributed by atoms with Crippen molar-refractivity contribution in [2.24, 2.45) is 5.41 Å². The lowest BCUT2D eigenvalue weighted by Crippen LogP contribution is -2.41. The van der Waals surface area contributed by atoms with Crippen LogP contribution in [0.25, 0.3) is 0 Å². The average molecular weight is 252 g/mol. The van der Waals surface area contributed by atoms with Crippen molar-refractivity contribution in [3.05, 3.63) is 22.2 Å². The van der Waals surface area contributed by atoms with Crippen LogP contribution in [0.1, 0.15) is 51.7 Å². The normalized spacial score (nSPS) is 26.4. The first-order chi connectivity index (χ1) is 8.35. The van der Waals surface area contributed by atoms with Crippen molar-refractivity contribution in [3.63, 3.8) is 0 Å². The summed E-state index contributed by atoms with van der Waals surface area (Å²) in [6, 6.07) is 2.17. The molecule has 0 radical (unpaired) electrons. The van der Waals surface area contributed by atoms with E-state index >= 15 is 0 Å². The number of hydrogen-bond acceptors (Lipinski definition) is 3. The first-order valence-electron chi connectivity index (χ1n) is 6.74. The van der Waals surface area contributed by atoms with Gasteiger partial charge in [-0.2, -0.15) is 5.16 Å². The summed E-state index contributed by atoms with van der Waals surface area (Å²) < 4.78 is 5.26. The van der Waals surface area contributed by atoms with Gasteiger partial charge >= 0.3 is 0 Å². The standard InChI is InChI=1S/C14H24N2O2/c1-14(2,3)9-11-7-10(5-6-16(11)4)12-8-13(17)15-18-12/h8,10-11H,5-7,9H2,1-4H3,(H,15,17)/t10-,11+/m0/s1. The Hall–Kier alpha value is -1.03. The predicted octanol–water partition coefficient (Wildman–Crippen LogP) is 2.58. The molecule has 1 aliphatic heterocycles. The van der Waals surface area contributed by atoms with Crippen LogP contribution in [0, 0.1) is 5.41 Å². The third kappa shape index (κ3) is 3.25. The Bertz CT molecular complexity index is 441. The lowest BCUT2D eigenvalue weighted by molar-refractivity contribution is 0.118. The van der Waals surface area contributed by atoms with E-state index in [1.807, 2.05) is 0 Å². The molecular weight excluding hydrogens is 228 g/mol. The molecule has 0 bridgehead atoms. The van der Waals surface area contributed by atoms with E-state index in [-0.39, 0.29) is 5.56 Å². The number of H-pyrrole nitrogens is 1. The van der Waals surface area contributed by atoms with E-state index in [9.17, 15) is 4.79 Å². The Morgan fingerprint density at radius 1 is 1.50 bits per heavy atom. The first-order valence-corrected chi connectivity index (χ1v) is 6.74. The Balaban J connectivity index is 2.06. The first kappa shape index (κ1) is 13.4. The van der Waals surface area contributed by atoms with Gasteiger partial charge in [-0.1, -0.05) is 20.8 Å². The third-order valence-electron chi connectivity index (χ3n) is 3.80. The number of aromatic amines is 1. The fraction of sp³-hybridized carbons (Fsp3) is 0.786. The molecule has 1 fully saturated rings. The summed E-state index contributed by atoms with van der Waals surface area (Å²) >= 11 is 0. The van der Waals surface area contributed by atoms with Crippen molar-refractivity contribution in [1.82, 2.24) is 10.1 Å². The third-order valence-corrected chi connectivity index (χ3v) is 3.80.